The molecule has 1 saturated heterocycles. The number of thiophene rings is 1. The molecule has 1 aromatic heterocycles. The quantitative estimate of drug-likeness (QED) is 0.866. The van der Waals surface area contributed by atoms with E-state index in [1.807, 2.05) is 27.7 Å². The van der Waals surface area contributed by atoms with Gasteiger partial charge in [0.2, 0.25) is 0 Å². The van der Waals surface area contributed by atoms with Crippen LogP contribution in [-0.2, 0) is 4.74 Å². The number of likely N-dealkylation sites (tertiary alicyclic amines) is 1. The Kier molecular flexibility index (Phi) is 6.15. The maximum absolute atomic E-state index is 12.2. The number of nitrogens with zero attached hydrogens (tertiary/aromatic N) is 1. The van der Waals surface area contributed by atoms with E-state index >= 15 is 0 Å². The standard InChI is InChI=1S/C17H25ClN2O3S/c1-11(19-15(21)13-5-6-14(18)24-13)12-7-9-20(10-8-12)16(22)23-17(2,3)4/h5-6,11-12H,7-10H2,1-4H3,(H,19,21)/t11-/m1/s1. The van der Waals surface area contributed by atoms with Crippen LogP contribution in [0.3, 0.4) is 0 Å². The van der Waals surface area contributed by atoms with Gasteiger partial charge in [-0.05, 0) is 58.6 Å². The molecule has 1 atom stereocenters. The van der Waals surface area contributed by atoms with Crippen LogP contribution in [-0.4, -0.2) is 41.6 Å². The van der Waals surface area contributed by atoms with Crippen LogP contribution in [0, 0.1) is 5.92 Å². The second-order valence-corrected chi connectivity index (χ2v) is 8.89. The molecule has 1 N–H and O–H groups in total. The summed E-state index contributed by atoms with van der Waals surface area (Å²) in [5, 5.41) is 3.04. The average Bonchev–Trinajstić information content (AvgIpc) is 2.92. The normalized spacial score (nSPS) is 17.5. The summed E-state index contributed by atoms with van der Waals surface area (Å²) in [5.74, 6) is 0.261. The number of rotatable bonds is 3. The van der Waals surface area contributed by atoms with Gasteiger partial charge in [-0.3, -0.25) is 4.79 Å². The summed E-state index contributed by atoms with van der Waals surface area (Å²) in [6.07, 6.45) is 1.45. The fraction of sp³-hybridized carbons (Fsp3) is 0.647. The summed E-state index contributed by atoms with van der Waals surface area (Å²) in [5.41, 5.74) is -0.475. The highest BCUT2D eigenvalue weighted by Crippen LogP contribution is 2.24. The fourth-order valence-electron chi connectivity index (χ4n) is 2.74. The molecule has 0 aliphatic carbocycles. The molecule has 1 aliphatic rings. The Morgan fingerprint density at radius 3 is 2.46 bits per heavy atom. The first-order chi connectivity index (χ1) is 11.2. The zero-order chi connectivity index (χ0) is 17.9. The van der Waals surface area contributed by atoms with Crippen molar-refractivity contribution in [3.8, 4) is 0 Å². The number of piperidine rings is 1. The summed E-state index contributed by atoms with van der Waals surface area (Å²) in [7, 11) is 0. The van der Waals surface area contributed by atoms with Crippen LogP contribution in [0.4, 0.5) is 4.79 Å². The van der Waals surface area contributed by atoms with E-state index < -0.39 is 5.60 Å². The molecular weight excluding hydrogens is 348 g/mol. The molecule has 134 valence electrons. The molecule has 0 spiro atoms. The van der Waals surface area contributed by atoms with E-state index in [9.17, 15) is 9.59 Å². The first-order valence-electron chi connectivity index (χ1n) is 8.20. The molecule has 2 rings (SSSR count). The van der Waals surface area contributed by atoms with Crippen molar-refractivity contribution < 1.29 is 14.3 Å². The number of hydrogen-bond acceptors (Lipinski definition) is 4. The maximum atomic E-state index is 12.2. The lowest BCUT2D eigenvalue weighted by molar-refractivity contribution is 0.0170. The summed E-state index contributed by atoms with van der Waals surface area (Å²) in [6, 6.07) is 3.52. The largest absolute Gasteiger partial charge is 0.444 e. The van der Waals surface area contributed by atoms with Crippen molar-refractivity contribution in [3.63, 3.8) is 0 Å². The Hall–Kier alpha value is -1.27. The highest BCUT2D eigenvalue weighted by atomic mass is 35.5. The Morgan fingerprint density at radius 1 is 1.33 bits per heavy atom. The van der Waals surface area contributed by atoms with E-state index in [4.69, 9.17) is 16.3 Å². The molecule has 24 heavy (non-hydrogen) atoms. The number of carbonyl (C=O) groups excluding carboxylic acids is 2. The van der Waals surface area contributed by atoms with Crippen molar-refractivity contribution in [3.05, 3.63) is 21.3 Å². The van der Waals surface area contributed by atoms with E-state index in [2.05, 4.69) is 5.32 Å². The zero-order valence-electron chi connectivity index (χ0n) is 14.6. The minimum atomic E-state index is -0.475. The Morgan fingerprint density at radius 2 is 1.96 bits per heavy atom. The minimum Gasteiger partial charge on any atom is -0.444 e. The molecular formula is C17H25ClN2O3S. The molecule has 0 unspecified atom stereocenters. The molecule has 5 nitrogen and oxygen atoms in total. The topological polar surface area (TPSA) is 58.6 Å². The third-order valence-electron chi connectivity index (χ3n) is 4.05. The van der Waals surface area contributed by atoms with Crippen molar-refractivity contribution in [2.75, 3.05) is 13.1 Å². The Balaban J connectivity index is 1.81. The van der Waals surface area contributed by atoms with E-state index in [0.717, 1.165) is 12.8 Å². The van der Waals surface area contributed by atoms with Gasteiger partial charge in [0.25, 0.3) is 5.91 Å². The van der Waals surface area contributed by atoms with Crippen LogP contribution in [0.2, 0.25) is 4.34 Å². The SMILES string of the molecule is C[C@@H](NC(=O)c1ccc(Cl)s1)C1CCN(C(=O)OC(C)(C)C)CC1. The lowest BCUT2D eigenvalue weighted by atomic mass is 9.90. The first kappa shape index (κ1) is 19.1. The monoisotopic (exact) mass is 372 g/mol. The number of nitrogens with one attached hydrogen (secondary N) is 1. The molecule has 0 aromatic carbocycles. The predicted molar refractivity (Wildman–Crippen MR) is 96.8 cm³/mol. The molecule has 1 aromatic rings. The molecule has 1 fully saturated rings. The van der Waals surface area contributed by atoms with Crippen LogP contribution in [0.5, 0.6) is 0 Å². The second kappa shape index (κ2) is 7.74. The van der Waals surface area contributed by atoms with Crippen LogP contribution < -0.4 is 5.32 Å². The lowest BCUT2D eigenvalue weighted by Gasteiger charge is -2.35. The molecule has 2 heterocycles. The Bertz CT molecular complexity index is 589. The van der Waals surface area contributed by atoms with Crippen molar-refractivity contribution in [2.24, 2.45) is 5.92 Å². The molecule has 0 radical (unpaired) electrons. The fourth-order valence-corrected chi connectivity index (χ4v) is 3.69. The second-order valence-electron chi connectivity index (χ2n) is 7.17. The van der Waals surface area contributed by atoms with Crippen LogP contribution >= 0.6 is 22.9 Å². The number of amides is 2. The number of carbonyl (C=O) groups is 2. The first-order valence-corrected chi connectivity index (χ1v) is 9.39. The third-order valence-corrected chi connectivity index (χ3v) is 5.28. The van der Waals surface area contributed by atoms with Gasteiger partial charge in [-0.15, -0.1) is 11.3 Å². The van der Waals surface area contributed by atoms with E-state index in [0.29, 0.717) is 28.2 Å². The van der Waals surface area contributed by atoms with Gasteiger partial charge in [-0.1, -0.05) is 11.6 Å². The molecule has 1 aliphatic heterocycles. The zero-order valence-corrected chi connectivity index (χ0v) is 16.2. The average molecular weight is 373 g/mol. The summed E-state index contributed by atoms with van der Waals surface area (Å²) >= 11 is 7.15. The van der Waals surface area contributed by atoms with Gasteiger partial charge in [-0.25, -0.2) is 4.79 Å². The Labute approximate surface area is 152 Å². The number of hydrogen-bond donors (Lipinski definition) is 1. The van der Waals surface area contributed by atoms with E-state index in [1.54, 1.807) is 17.0 Å². The van der Waals surface area contributed by atoms with Gasteiger partial charge in [0.15, 0.2) is 0 Å². The van der Waals surface area contributed by atoms with Gasteiger partial charge in [0.1, 0.15) is 5.60 Å². The van der Waals surface area contributed by atoms with E-state index in [-0.39, 0.29) is 18.0 Å². The highest BCUT2D eigenvalue weighted by Gasteiger charge is 2.29. The van der Waals surface area contributed by atoms with Gasteiger partial charge in [-0.2, -0.15) is 0 Å². The van der Waals surface area contributed by atoms with Gasteiger partial charge in [0.05, 0.1) is 9.21 Å². The van der Waals surface area contributed by atoms with E-state index in [1.165, 1.54) is 11.3 Å². The lowest BCUT2D eigenvalue weighted by Crippen LogP contribution is -2.46. The van der Waals surface area contributed by atoms with Crippen LogP contribution in [0.15, 0.2) is 12.1 Å². The van der Waals surface area contributed by atoms with Crippen LogP contribution in [0.1, 0.15) is 50.2 Å². The smallest absolute Gasteiger partial charge is 0.410 e. The number of halogens is 1. The van der Waals surface area contributed by atoms with Gasteiger partial charge >= 0.3 is 6.09 Å². The molecule has 7 heteroatoms. The molecule has 2 amide bonds. The predicted octanol–water partition coefficient (Wildman–Crippen LogP) is 4.17. The molecule has 0 bridgehead atoms. The van der Waals surface area contributed by atoms with Crippen molar-refractivity contribution >= 4 is 34.9 Å². The van der Waals surface area contributed by atoms with Gasteiger partial charge in [0, 0.05) is 19.1 Å². The van der Waals surface area contributed by atoms with Gasteiger partial charge < -0.3 is 15.0 Å². The highest BCUT2D eigenvalue weighted by molar-refractivity contribution is 7.17. The number of ether oxygens (including phenoxy) is 1. The van der Waals surface area contributed by atoms with Crippen molar-refractivity contribution in [1.82, 2.24) is 10.2 Å². The minimum absolute atomic E-state index is 0.0548. The third kappa shape index (κ3) is 5.38. The molecule has 0 saturated carbocycles. The maximum Gasteiger partial charge on any atom is 0.410 e. The van der Waals surface area contributed by atoms with Crippen molar-refractivity contribution in [1.29, 1.82) is 0 Å². The summed E-state index contributed by atoms with van der Waals surface area (Å²) < 4.78 is 6.01. The van der Waals surface area contributed by atoms with Crippen molar-refractivity contribution in [2.45, 2.75) is 52.2 Å². The summed E-state index contributed by atoms with van der Waals surface area (Å²) in [6.45, 7) is 8.93. The summed E-state index contributed by atoms with van der Waals surface area (Å²) in [4.78, 5) is 26.6. The van der Waals surface area contributed by atoms with Crippen LogP contribution in [0.25, 0.3) is 0 Å².